The Kier molecular flexibility index (Phi) is 3.62. The lowest BCUT2D eigenvalue weighted by Crippen LogP contribution is -1.98. The van der Waals surface area contributed by atoms with Crippen LogP contribution in [0.2, 0.25) is 5.02 Å². The summed E-state index contributed by atoms with van der Waals surface area (Å²) in [5, 5.41) is 12.0. The Balaban J connectivity index is 2.01. The number of rotatable bonds is 3. The minimum absolute atomic E-state index is 0.500. The molecule has 0 bridgehead atoms. The molecule has 0 saturated heterocycles. The summed E-state index contributed by atoms with van der Waals surface area (Å²) in [4.78, 5) is 0. The van der Waals surface area contributed by atoms with Crippen LogP contribution in [-0.2, 0) is 0 Å². The molecule has 2 aromatic carbocycles. The third kappa shape index (κ3) is 2.62. The number of aliphatic hydroxyl groups is 1. The van der Waals surface area contributed by atoms with Gasteiger partial charge in [-0.1, -0.05) is 29.3 Å². The van der Waals surface area contributed by atoms with Gasteiger partial charge in [0.15, 0.2) is 0 Å². The lowest BCUT2D eigenvalue weighted by molar-refractivity contribution is 0.192. The van der Waals surface area contributed by atoms with Crippen molar-refractivity contribution in [2.45, 2.75) is 13.0 Å². The highest BCUT2D eigenvalue weighted by atomic mass is 35.5. The smallest absolute Gasteiger partial charge is 0.138 e. The molecule has 0 spiro atoms. The number of ether oxygens (including phenoxy) is 1. The van der Waals surface area contributed by atoms with Crippen LogP contribution in [0, 0.1) is 6.92 Å². The van der Waals surface area contributed by atoms with Crippen molar-refractivity contribution < 1.29 is 14.3 Å². The predicted molar refractivity (Wildman–Crippen MR) is 83.0 cm³/mol. The molecule has 0 saturated carbocycles. The first-order valence-corrected chi connectivity index (χ1v) is 6.98. The minimum Gasteiger partial charge on any atom is -0.495 e. The molecular formula is C17H15ClO3. The van der Waals surface area contributed by atoms with Gasteiger partial charge >= 0.3 is 0 Å². The van der Waals surface area contributed by atoms with E-state index in [1.165, 1.54) is 0 Å². The molecule has 1 atom stereocenters. The van der Waals surface area contributed by atoms with Crippen molar-refractivity contribution in [3.8, 4) is 5.75 Å². The SMILES string of the molecule is COc1cc(C(O)c2cc3cc(C)ccc3o2)ccc1Cl. The minimum atomic E-state index is -0.858. The second-order valence-electron chi connectivity index (χ2n) is 4.99. The highest BCUT2D eigenvalue weighted by Crippen LogP contribution is 2.32. The molecule has 4 heteroatoms. The largest absolute Gasteiger partial charge is 0.495 e. The third-order valence-electron chi connectivity index (χ3n) is 3.45. The molecule has 1 N–H and O–H groups in total. The van der Waals surface area contributed by atoms with E-state index < -0.39 is 6.10 Å². The van der Waals surface area contributed by atoms with Gasteiger partial charge in [0.1, 0.15) is 23.2 Å². The summed E-state index contributed by atoms with van der Waals surface area (Å²) in [6, 6.07) is 12.9. The van der Waals surface area contributed by atoms with E-state index in [4.69, 9.17) is 20.8 Å². The molecule has 3 rings (SSSR count). The highest BCUT2D eigenvalue weighted by molar-refractivity contribution is 6.32. The number of methoxy groups -OCH3 is 1. The highest BCUT2D eigenvalue weighted by Gasteiger charge is 2.17. The van der Waals surface area contributed by atoms with E-state index >= 15 is 0 Å². The Bertz CT molecular complexity index is 792. The topological polar surface area (TPSA) is 42.6 Å². The van der Waals surface area contributed by atoms with Crippen LogP contribution in [0.1, 0.15) is 23.0 Å². The van der Waals surface area contributed by atoms with E-state index in [0.29, 0.717) is 22.1 Å². The van der Waals surface area contributed by atoms with Gasteiger partial charge in [0.25, 0.3) is 0 Å². The Morgan fingerprint density at radius 3 is 2.71 bits per heavy atom. The third-order valence-corrected chi connectivity index (χ3v) is 3.76. The molecule has 3 nitrogen and oxygen atoms in total. The lowest BCUT2D eigenvalue weighted by atomic mass is 10.1. The van der Waals surface area contributed by atoms with Crippen LogP contribution in [0.4, 0.5) is 0 Å². The predicted octanol–water partition coefficient (Wildman–Crippen LogP) is 4.48. The van der Waals surface area contributed by atoms with Crippen LogP contribution in [0.25, 0.3) is 11.0 Å². The second kappa shape index (κ2) is 5.43. The number of aliphatic hydroxyl groups excluding tert-OH is 1. The summed E-state index contributed by atoms with van der Waals surface area (Å²) >= 11 is 6.00. The molecule has 1 heterocycles. The van der Waals surface area contributed by atoms with Crippen molar-refractivity contribution >= 4 is 22.6 Å². The zero-order valence-corrected chi connectivity index (χ0v) is 12.5. The number of hydrogen-bond acceptors (Lipinski definition) is 3. The number of furan rings is 1. The molecule has 0 aliphatic rings. The summed E-state index contributed by atoms with van der Waals surface area (Å²) in [5.74, 6) is 1.03. The first-order valence-electron chi connectivity index (χ1n) is 6.60. The van der Waals surface area contributed by atoms with E-state index in [1.54, 1.807) is 25.3 Å². The Morgan fingerprint density at radius 2 is 1.95 bits per heavy atom. The maximum Gasteiger partial charge on any atom is 0.138 e. The van der Waals surface area contributed by atoms with E-state index in [1.807, 2.05) is 31.2 Å². The lowest BCUT2D eigenvalue weighted by Gasteiger charge is -2.10. The molecule has 108 valence electrons. The molecule has 0 amide bonds. The van der Waals surface area contributed by atoms with Crippen LogP contribution in [-0.4, -0.2) is 12.2 Å². The van der Waals surface area contributed by atoms with Crippen LogP contribution >= 0.6 is 11.6 Å². The summed E-state index contributed by atoms with van der Waals surface area (Å²) < 4.78 is 10.9. The van der Waals surface area contributed by atoms with Crippen molar-refractivity contribution in [2.75, 3.05) is 7.11 Å². The molecule has 0 aliphatic heterocycles. The monoisotopic (exact) mass is 302 g/mol. The maximum atomic E-state index is 10.5. The maximum absolute atomic E-state index is 10.5. The first-order chi connectivity index (χ1) is 10.1. The second-order valence-corrected chi connectivity index (χ2v) is 5.39. The summed E-state index contributed by atoms with van der Waals surface area (Å²) in [6.07, 6.45) is -0.858. The number of fused-ring (bicyclic) bond motifs is 1. The number of aryl methyl sites for hydroxylation is 1. The van der Waals surface area contributed by atoms with Gasteiger partial charge in [0, 0.05) is 5.39 Å². The molecule has 1 unspecified atom stereocenters. The summed E-state index contributed by atoms with van der Waals surface area (Å²) in [6.45, 7) is 2.02. The average molecular weight is 303 g/mol. The summed E-state index contributed by atoms with van der Waals surface area (Å²) in [5.41, 5.74) is 2.58. The summed E-state index contributed by atoms with van der Waals surface area (Å²) in [7, 11) is 1.54. The quantitative estimate of drug-likeness (QED) is 0.775. The Morgan fingerprint density at radius 1 is 1.14 bits per heavy atom. The van der Waals surface area contributed by atoms with Gasteiger partial charge in [-0.2, -0.15) is 0 Å². The zero-order valence-electron chi connectivity index (χ0n) is 11.8. The van der Waals surface area contributed by atoms with Gasteiger partial charge in [0.05, 0.1) is 12.1 Å². The number of benzene rings is 2. The van der Waals surface area contributed by atoms with Crippen molar-refractivity contribution in [1.29, 1.82) is 0 Å². The van der Waals surface area contributed by atoms with Gasteiger partial charge in [0.2, 0.25) is 0 Å². The van der Waals surface area contributed by atoms with Crippen molar-refractivity contribution in [3.63, 3.8) is 0 Å². The van der Waals surface area contributed by atoms with Crippen molar-refractivity contribution in [2.24, 2.45) is 0 Å². The standard InChI is InChI=1S/C17H15ClO3/c1-10-3-6-14-12(7-10)9-16(21-14)17(19)11-4-5-13(18)15(8-11)20-2/h3-9,17,19H,1-2H3. The molecule has 0 fully saturated rings. The van der Waals surface area contributed by atoms with Gasteiger partial charge in [-0.3, -0.25) is 0 Å². The van der Waals surface area contributed by atoms with Crippen LogP contribution in [0.5, 0.6) is 5.75 Å². The average Bonchev–Trinajstić information content (AvgIpc) is 2.90. The normalized spacial score (nSPS) is 12.6. The van der Waals surface area contributed by atoms with Gasteiger partial charge in [-0.15, -0.1) is 0 Å². The fraction of sp³-hybridized carbons (Fsp3) is 0.176. The van der Waals surface area contributed by atoms with E-state index in [-0.39, 0.29) is 0 Å². The molecule has 3 aromatic rings. The Hall–Kier alpha value is -1.97. The van der Waals surface area contributed by atoms with E-state index in [0.717, 1.165) is 16.5 Å². The fourth-order valence-corrected chi connectivity index (χ4v) is 2.52. The molecule has 0 aliphatic carbocycles. The molecular weight excluding hydrogens is 288 g/mol. The number of hydrogen-bond donors (Lipinski definition) is 1. The zero-order chi connectivity index (χ0) is 15.0. The number of halogens is 1. The van der Waals surface area contributed by atoms with Crippen LogP contribution in [0.15, 0.2) is 46.9 Å². The van der Waals surface area contributed by atoms with Crippen LogP contribution in [0.3, 0.4) is 0 Å². The fourth-order valence-electron chi connectivity index (χ4n) is 2.33. The Labute approximate surface area is 127 Å². The van der Waals surface area contributed by atoms with Gasteiger partial charge in [-0.05, 0) is 42.8 Å². The molecule has 21 heavy (non-hydrogen) atoms. The van der Waals surface area contributed by atoms with Gasteiger partial charge < -0.3 is 14.3 Å². The van der Waals surface area contributed by atoms with Crippen LogP contribution < -0.4 is 4.74 Å². The van der Waals surface area contributed by atoms with E-state index in [9.17, 15) is 5.11 Å². The molecule has 0 radical (unpaired) electrons. The first kappa shape index (κ1) is 14.0. The van der Waals surface area contributed by atoms with Crippen molar-refractivity contribution in [1.82, 2.24) is 0 Å². The van der Waals surface area contributed by atoms with E-state index in [2.05, 4.69) is 0 Å². The van der Waals surface area contributed by atoms with Crippen molar-refractivity contribution in [3.05, 3.63) is 64.4 Å². The van der Waals surface area contributed by atoms with Gasteiger partial charge in [-0.25, -0.2) is 0 Å². The molecule has 1 aromatic heterocycles.